The maximum Gasteiger partial charge on any atom is 0.262 e. The minimum Gasteiger partial charge on any atom is -0.484 e. The molecule has 4 rings (SSSR count). The lowest BCUT2D eigenvalue weighted by Gasteiger charge is -2.10. The van der Waals surface area contributed by atoms with E-state index in [-0.39, 0.29) is 12.5 Å². The molecular formula is C21H15ClN2O2S. The zero-order valence-electron chi connectivity index (χ0n) is 14.2. The van der Waals surface area contributed by atoms with E-state index >= 15 is 0 Å². The summed E-state index contributed by atoms with van der Waals surface area (Å²) >= 11 is 7.44. The molecule has 134 valence electrons. The molecule has 0 bridgehead atoms. The van der Waals surface area contributed by atoms with Crippen LogP contribution in [0.4, 0.5) is 5.69 Å². The molecule has 3 aromatic carbocycles. The molecule has 0 saturated carbocycles. The van der Waals surface area contributed by atoms with Crippen molar-refractivity contribution in [1.29, 1.82) is 0 Å². The predicted octanol–water partition coefficient (Wildman–Crippen LogP) is 5.63. The number of amides is 1. The molecule has 0 aliphatic carbocycles. The summed E-state index contributed by atoms with van der Waals surface area (Å²) < 4.78 is 6.62. The number of aromatic nitrogens is 1. The normalized spacial score (nSPS) is 10.7. The zero-order valence-corrected chi connectivity index (χ0v) is 15.8. The second-order valence-corrected chi connectivity index (χ2v) is 7.29. The summed E-state index contributed by atoms with van der Waals surface area (Å²) in [7, 11) is 0. The average Bonchev–Trinajstić information content (AvgIpc) is 3.12. The third-order valence-corrected chi connectivity index (χ3v) is 5.23. The maximum absolute atomic E-state index is 12.3. The number of halogens is 1. The highest BCUT2D eigenvalue weighted by atomic mass is 35.5. The number of rotatable bonds is 5. The van der Waals surface area contributed by atoms with Gasteiger partial charge in [0.25, 0.3) is 5.91 Å². The Balaban J connectivity index is 1.50. The van der Waals surface area contributed by atoms with Crippen LogP contribution >= 0.6 is 22.9 Å². The van der Waals surface area contributed by atoms with Crippen LogP contribution in [0, 0.1) is 0 Å². The molecule has 0 unspecified atom stereocenters. The van der Waals surface area contributed by atoms with Crippen molar-refractivity contribution < 1.29 is 9.53 Å². The fourth-order valence-electron chi connectivity index (χ4n) is 2.63. The van der Waals surface area contributed by atoms with Gasteiger partial charge in [0.15, 0.2) is 6.61 Å². The second-order valence-electron chi connectivity index (χ2n) is 5.82. The van der Waals surface area contributed by atoms with Gasteiger partial charge in [-0.1, -0.05) is 35.9 Å². The highest BCUT2D eigenvalue weighted by molar-refractivity contribution is 7.21. The Morgan fingerprint density at radius 2 is 1.74 bits per heavy atom. The molecule has 0 aliphatic rings. The predicted molar refractivity (Wildman–Crippen MR) is 111 cm³/mol. The van der Waals surface area contributed by atoms with Gasteiger partial charge in [-0.3, -0.25) is 4.79 Å². The van der Waals surface area contributed by atoms with Crippen LogP contribution in [-0.2, 0) is 4.79 Å². The van der Waals surface area contributed by atoms with Crippen molar-refractivity contribution in [1.82, 2.24) is 4.98 Å². The Hall–Kier alpha value is -2.89. The SMILES string of the molecule is O=C(COc1ccc(Cl)cc1)Nc1ccccc1-c1nc2ccccc2s1. The first kappa shape index (κ1) is 17.5. The van der Waals surface area contributed by atoms with Crippen molar-refractivity contribution in [2.75, 3.05) is 11.9 Å². The summed E-state index contributed by atoms with van der Waals surface area (Å²) in [4.78, 5) is 17.0. The molecule has 27 heavy (non-hydrogen) atoms. The van der Waals surface area contributed by atoms with Gasteiger partial charge in [-0.2, -0.15) is 0 Å². The van der Waals surface area contributed by atoms with E-state index in [4.69, 9.17) is 16.3 Å². The molecule has 0 atom stereocenters. The molecule has 0 spiro atoms. The summed E-state index contributed by atoms with van der Waals surface area (Å²) in [5.41, 5.74) is 2.55. The van der Waals surface area contributed by atoms with Crippen molar-refractivity contribution in [2.24, 2.45) is 0 Å². The average molecular weight is 395 g/mol. The quantitative estimate of drug-likeness (QED) is 0.477. The number of nitrogens with one attached hydrogen (secondary N) is 1. The van der Waals surface area contributed by atoms with Crippen LogP contribution in [0.2, 0.25) is 5.02 Å². The molecule has 0 saturated heterocycles. The smallest absolute Gasteiger partial charge is 0.262 e. The summed E-state index contributed by atoms with van der Waals surface area (Å²) in [5, 5.41) is 4.40. The van der Waals surface area contributed by atoms with Crippen LogP contribution in [0.15, 0.2) is 72.8 Å². The Labute approximate surface area is 165 Å². The van der Waals surface area contributed by atoms with Gasteiger partial charge in [0.2, 0.25) is 0 Å². The Morgan fingerprint density at radius 1 is 1.00 bits per heavy atom. The van der Waals surface area contributed by atoms with E-state index in [2.05, 4.69) is 10.3 Å². The topological polar surface area (TPSA) is 51.2 Å². The van der Waals surface area contributed by atoms with Crippen molar-refractivity contribution >= 4 is 44.7 Å². The first-order valence-electron chi connectivity index (χ1n) is 8.32. The van der Waals surface area contributed by atoms with Crippen LogP contribution in [0.3, 0.4) is 0 Å². The van der Waals surface area contributed by atoms with Crippen molar-refractivity contribution in [3.05, 3.63) is 77.8 Å². The fraction of sp³-hybridized carbons (Fsp3) is 0.0476. The number of carbonyl (C=O) groups excluding carboxylic acids is 1. The minimum absolute atomic E-state index is 0.0875. The van der Waals surface area contributed by atoms with Gasteiger partial charge in [-0.25, -0.2) is 4.98 Å². The van der Waals surface area contributed by atoms with Crippen molar-refractivity contribution in [2.45, 2.75) is 0 Å². The van der Waals surface area contributed by atoms with Crippen LogP contribution in [-0.4, -0.2) is 17.5 Å². The molecule has 0 radical (unpaired) electrons. The highest BCUT2D eigenvalue weighted by Crippen LogP contribution is 2.34. The lowest BCUT2D eigenvalue weighted by Crippen LogP contribution is -2.20. The molecule has 4 aromatic rings. The van der Waals surface area contributed by atoms with Crippen molar-refractivity contribution in [3.63, 3.8) is 0 Å². The monoisotopic (exact) mass is 394 g/mol. The molecular weight excluding hydrogens is 380 g/mol. The number of nitrogens with zero attached hydrogens (tertiary/aromatic N) is 1. The Bertz CT molecular complexity index is 1060. The number of thiazole rings is 1. The summed E-state index contributed by atoms with van der Waals surface area (Å²) in [6.45, 7) is -0.0875. The maximum atomic E-state index is 12.3. The van der Waals surface area contributed by atoms with Crippen LogP contribution in [0.1, 0.15) is 0 Å². The molecule has 0 aliphatic heterocycles. The van der Waals surface area contributed by atoms with E-state index in [1.807, 2.05) is 48.5 Å². The lowest BCUT2D eigenvalue weighted by molar-refractivity contribution is -0.118. The largest absolute Gasteiger partial charge is 0.484 e. The first-order chi connectivity index (χ1) is 13.2. The number of carbonyl (C=O) groups is 1. The second kappa shape index (κ2) is 7.78. The van der Waals surface area contributed by atoms with E-state index in [1.165, 1.54) is 0 Å². The minimum atomic E-state index is -0.237. The third-order valence-electron chi connectivity index (χ3n) is 3.91. The van der Waals surface area contributed by atoms with E-state index in [0.717, 1.165) is 20.8 Å². The molecule has 0 fully saturated rings. The number of hydrogen-bond acceptors (Lipinski definition) is 4. The molecule has 6 heteroatoms. The van der Waals surface area contributed by atoms with Gasteiger partial charge in [-0.05, 0) is 48.5 Å². The van der Waals surface area contributed by atoms with E-state index in [1.54, 1.807) is 35.6 Å². The number of hydrogen-bond donors (Lipinski definition) is 1. The molecule has 1 aromatic heterocycles. The standard InChI is InChI=1S/C21H15ClN2O2S/c22-14-9-11-15(12-10-14)26-13-20(25)23-17-6-2-1-5-16(17)21-24-18-7-3-4-8-19(18)27-21/h1-12H,13H2,(H,23,25). The highest BCUT2D eigenvalue weighted by Gasteiger charge is 2.12. The molecule has 1 N–H and O–H groups in total. The van der Waals surface area contributed by atoms with Gasteiger partial charge < -0.3 is 10.1 Å². The van der Waals surface area contributed by atoms with Gasteiger partial charge in [0, 0.05) is 10.6 Å². The van der Waals surface area contributed by atoms with E-state index in [0.29, 0.717) is 16.5 Å². The van der Waals surface area contributed by atoms with Gasteiger partial charge in [0.1, 0.15) is 10.8 Å². The van der Waals surface area contributed by atoms with Gasteiger partial charge in [0.05, 0.1) is 15.9 Å². The Morgan fingerprint density at radius 3 is 2.56 bits per heavy atom. The Kier molecular flexibility index (Phi) is 5.05. The number of para-hydroxylation sites is 2. The van der Waals surface area contributed by atoms with E-state index in [9.17, 15) is 4.79 Å². The van der Waals surface area contributed by atoms with Crippen LogP contribution in [0.5, 0.6) is 5.75 Å². The molecule has 1 amide bonds. The number of fused-ring (bicyclic) bond motifs is 1. The molecule has 4 nitrogen and oxygen atoms in total. The van der Waals surface area contributed by atoms with Gasteiger partial charge >= 0.3 is 0 Å². The van der Waals surface area contributed by atoms with Gasteiger partial charge in [-0.15, -0.1) is 11.3 Å². The molecule has 1 heterocycles. The third kappa shape index (κ3) is 4.10. The summed E-state index contributed by atoms with van der Waals surface area (Å²) in [6, 6.07) is 22.5. The number of benzene rings is 3. The first-order valence-corrected chi connectivity index (χ1v) is 9.52. The fourth-order valence-corrected chi connectivity index (χ4v) is 3.76. The van der Waals surface area contributed by atoms with Crippen LogP contribution in [0.25, 0.3) is 20.8 Å². The summed E-state index contributed by atoms with van der Waals surface area (Å²) in [5.74, 6) is 0.354. The van der Waals surface area contributed by atoms with Crippen molar-refractivity contribution in [3.8, 4) is 16.3 Å². The number of anilines is 1. The summed E-state index contributed by atoms with van der Waals surface area (Å²) in [6.07, 6.45) is 0. The van der Waals surface area contributed by atoms with E-state index < -0.39 is 0 Å². The number of ether oxygens (including phenoxy) is 1. The zero-order chi connectivity index (χ0) is 18.6. The lowest BCUT2D eigenvalue weighted by atomic mass is 10.2. The van der Waals surface area contributed by atoms with Crippen LogP contribution < -0.4 is 10.1 Å².